The Bertz CT molecular complexity index is 2060. The van der Waals surface area contributed by atoms with Gasteiger partial charge in [0.05, 0.1) is 54.3 Å². The Morgan fingerprint density at radius 2 is 1.89 bits per heavy atom. The predicted octanol–water partition coefficient (Wildman–Crippen LogP) is 6.97. The lowest BCUT2D eigenvalue weighted by molar-refractivity contribution is -0.455. The molecule has 0 saturated carbocycles. The molecule has 1 unspecified atom stereocenters. The van der Waals surface area contributed by atoms with Crippen LogP contribution in [0.2, 0.25) is 5.02 Å². The molecule has 0 radical (unpaired) electrons. The summed E-state index contributed by atoms with van der Waals surface area (Å²) in [5.74, 6) is -0.301. The second-order valence-corrected chi connectivity index (χ2v) is 12.1. The number of fused-ring (bicyclic) bond motifs is 4. The van der Waals surface area contributed by atoms with Gasteiger partial charge in [0.15, 0.2) is 6.54 Å². The summed E-state index contributed by atoms with van der Waals surface area (Å²) < 4.78 is 35.7. The molecule has 2 aliphatic heterocycles. The van der Waals surface area contributed by atoms with E-state index in [1.807, 2.05) is 53.6 Å². The summed E-state index contributed by atoms with van der Waals surface area (Å²) >= 11 is 7.06. The fraction of sp³-hybridized carbons (Fsp3) is 0.306. The summed E-state index contributed by atoms with van der Waals surface area (Å²) in [5, 5.41) is 6.95. The van der Waals surface area contributed by atoms with E-state index in [0.717, 1.165) is 44.5 Å². The van der Waals surface area contributed by atoms with Crippen LogP contribution in [0, 0.1) is 12.7 Å². The number of esters is 1. The quantitative estimate of drug-likeness (QED) is 0.106. The predicted molar refractivity (Wildman–Crippen MR) is 176 cm³/mol. The van der Waals surface area contributed by atoms with E-state index < -0.39 is 5.97 Å². The van der Waals surface area contributed by atoms with Crippen molar-refractivity contribution in [2.45, 2.75) is 52.4 Å². The molecule has 2 aromatic heterocycles. The molecular weight excluding hydrogens is 621 g/mol. The minimum atomic E-state index is -0.396. The summed E-state index contributed by atoms with van der Waals surface area (Å²) in [6, 6.07) is 14.2. The van der Waals surface area contributed by atoms with Crippen molar-refractivity contribution < 1.29 is 28.0 Å². The number of rotatable bonds is 7. The van der Waals surface area contributed by atoms with Gasteiger partial charge in [0.25, 0.3) is 5.71 Å². The van der Waals surface area contributed by atoms with Crippen molar-refractivity contribution in [1.29, 1.82) is 0 Å². The van der Waals surface area contributed by atoms with Gasteiger partial charge in [0.2, 0.25) is 5.69 Å². The number of hydrogen-bond donors (Lipinski definition) is 0. The van der Waals surface area contributed by atoms with Crippen molar-refractivity contribution in [2.24, 2.45) is 7.05 Å². The lowest BCUT2D eigenvalue weighted by Crippen LogP contribution is -2.29. The highest BCUT2D eigenvalue weighted by atomic mass is 35.5. The third-order valence-corrected chi connectivity index (χ3v) is 9.22. The molecule has 4 heterocycles. The van der Waals surface area contributed by atoms with Gasteiger partial charge in [-0.15, -0.1) is 0 Å². The van der Waals surface area contributed by atoms with E-state index in [-0.39, 0.29) is 38.1 Å². The zero-order chi connectivity index (χ0) is 32.7. The number of carbonyl (C=O) groups excluding carboxylic acids is 1. The first-order valence-electron chi connectivity index (χ1n) is 15.7. The van der Waals surface area contributed by atoms with Crippen LogP contribution in [0.1, 0.15) is 54.0 Å². The van der Waals surface area contributed by atoms with E-state index in [0.29, 0.717) is 47.3 Å². The molecule has 0 amide bonds. The molecule has 1 atom stereocenters. The van der Waals surface area contributed by atoms with Crippen molar-refractivity contribution in [1.82, 2.24) is 19.7 Å². The average Bonchev–Trinajstić information content (AvgIpc) is 3.51. The fourth-order valence-corrected chi connectivity index (χ4v) is 6.97. The number of nitrogens with zero attached hydrogens (tertiary/aromatic N) is 5. The Hall–Kier alpha value is -4.67. The zero-order valence-electron chi connectivity index (χ0n) is 26.4. The SMILES string of the molecule is CCOC(=O)C1=[N+]2Cc3nccnc3COCc3nn(C)c(C)c3-c3c(Cl)ccc(c32)C1CCCOc1cccc2cc(F)ccc12. The first-order valence-corrected chi connectivity index (χ1v) is 16.1. The third-order valence-electron chi connectivity index (χ3n) is 8.91. The summed E-state index contributed by atoms with van der Waals surface area (Å²) in [6.07, 6.45) is 4.53. The van der Waals surface area contributed by atoms with Crippen molar-refractivity contribution >= 4 is 39.7 Å². The average molecular weight is 655 g/mol. The molecule has 240 valence electrons. The number of halogens is 2. The van der Waals surface area contributed by atoms with Crippen molar-refractivity contribution in [3.63, 3.8) is 0 Å². The Morgan fingerprint density at radius 3 is 2.72 bits per heavy atom. The zero-order valence-corrected chi connectivity index (χ0v) is 27.2. The van der Waals surface area contributed by atoms with Crippen LogP contribution in [-0.4, -0.2) is 49.2 Å². The van der Waals surface area contributed by atoms with Crippen molar-refractivity contribution in [3.8, 4) is 16.9 Å². The van der Waals surface area contributed by atoms with Crippen LogP contribution in [0.15, 0.2) is 60.9 Å². The smallest absolute Gasteiger partial charge is 0.399 e. The van der Waals surface area contributed by atoms with Gasteiger partial charge in [-0.25, -0.2) is 9.18 Å². The second-order valence-electron chi connectivity index (χ2n) is 11.7. The maximum absolute atomic E-state index is 13.9. The summed E-state index contributed by atoms with van der Waals surface area (Å²) in [4.78, 5) is 23.2. The van der Waals surface area contributed by atoms with Gasteiger partial charge in [-0.1, -0.05) is 29.8 Å². The van der Waals surface area contributed by atoms with Crippen molar-refractivity contribution in [2.75, 3.05) is 13.2 Å². The molecular formula is C36H34ClFN5O4+. The first-order chi connectivity index (χ1) is 22.9. The van der Waals surface area contributed by atoms with Crippen LogP contribution < -0.4 is 4.74 Å². The summed E-state index contributed by atoms with van der Waals surface area (Å²) in [6.45, 7) is 5.20. The van der Waals surface area contributed by atoms with Crippen LogP contribution >= 0.6 is 11.6 Å². The highest BCUT2D eigenvalue weighted by Gasteiger charge is 2.47. The van der Waals surface area contributed by atoms with Gasteiger partial charge in [-0.05, 0) is 62.4 Å². The molecule has 0 N–H and O–H groups in total. The minimum absolute atomic E-state index is 0.230. The Labute approximate surface area is 276 Å². The van der Waals surface area contributed by atoms with Gasteiger partial charge >= 0.3 is 5.97 Å². The monoisotopic (exact) mass is 654 g/mol. The highest BCUT2D eigenvalue weighted by molar-refractivity contribution is 6.38. The van der Waals surface area contributed by atoms with E-state index in [9.17, 15) is 9.18 Å². The van der Waals surface area contributed by atoms with Gasteiger partial charge in [-0.2, -0.15) is 9.67 Å². The molecule has 9 nitrogen and oxygen atoms in total. The van der Waals surface area contributed by atoms with E-state index in [2.05, 4.69) is 9.97 Å². The molecule has 0 fully saturated rings. The van der Waals surface area contributed by atoms with Gasteiger partial charge < -0.3 is 14.2 Å². The highest BCUT2D eigenvalue weighted by Crippen LogP contribution is 2.49. The number of aryl methyl sites for hydroxylation is 1. The number of ether oxygens (including phenoxy) is 3. The Kier molecular flexibility index (Phi) is 8.46. The topological polar surface area (TPSA) is 91.4 Å². The van der Waals surface area contributed by atoms with Crippen LogP contribution in [0.3, 0.4) is 0 Å². The molecule has 0 spiro atoms. The molecule has 0 bridgehead atoms. The first kappa shape index (κ1) is 31.0. The van der Waals surface area contributed by atoms with E-state index in [1.54, 1.807) is 25.4 Å². The molecule has 2 aliphatic rings. The lowest BCUT2D eigenvalue weighted by atomic mass is 9.88. The Balaban J connectivity index is 1.33. The third kappa shape index (κ3) is 5.65. The number of hydrogen-bond acceptors (Lipinski definition) is 7. The minimum Gasteiger partial charge on any atom is -0.493 e. The number of carbonyl (C=O) groups is 1. The second kappa shape index (κ2) is 12.8. The standard InChI is InChI=1S/C36H34ClFN5O4/c1-4-46-36(44)35-25(8-6-16-47-31-9-5-7-22-17-23(38)10-11-24(22)31)26-12-13-27(37)33-32-21(2)42(3)41-30(32)20-45-19-29-28(39-14-15-40-29)18-43(35)34(26)33/h5,7,9-15,17,25H,4,6,8,16,18-20H2,1-3H3/q+1. The summed E-state index contributed by atoms with van der Waals surface area (Å²) in [7, 11) is 1.90. The lowest BCUT2D eigenvalue weighted by Gasteiger charge is -2.13. The number of benzene rings is 3. The van der Waals surface area contributed by atoms with E-state index >= 15 is 0 Å². The fourth-order valence-electron chi connectivity index (χ4n) is 6.73. The number of aromatic nitrogens is 4. The normalized spacial score (nSPS) is 15.6. The molecule has 47 heavy (non-hydrogen) atoms. The molecule has 5 aromatic rings. The van der Waals surface area contributed by atoms with Gasteiger partial charge in [0, 0.05) is 41.6 Å². The molecule has 7 rings (SSSR count). The molecule has 0 saturated heterocycles. The van der Waals surface area contributed by atoms with Crippen LogP contribution in [0.5, 0.6) is 5.75 Å². The van der Waals surface area contributed by atoms with Crippen LogP contribution in [0.25, 0.3) is 21.9 Å². The van der Waals surface area contributed by atoms with Crippen LogP contribution in [0.4, 0.5) is 10.1 Å². The largest absolute Gasteiger partial charge is 0.493 e. The van der Waals surface area contributed by atoms with E-state index in [1.165, 1.54) is 12.1 Å². The van der Waals surface area contributed by atoms with E-state index in [4.69, 9.17) is 30.9 Å². The molecule has 11 heteroatoms. The van der Waals surface area contributed by atoms with Crippen molar-refractivity contribution in [3.05, 3.63) is 100 Å². The molecule has 0 aliphatic carbocycles. The van der Waals surface area contributed by atoms with Gasteiger partial charge in [-0.3, -0.25) is 14.6 Å². The van der Waals surface area contributed by atoms with Gasteiger partial charge in [0.1, 0.15) is 17.3 Å². The molecule has 3 aromatic carbocycles. The Morgan fingerprint density at radius 1 is 1.09 bits per heavy atom. The van der Waals surface area contributed by atoms with Crippen LogP contribution in [-0.2, 0) is 41.1 Å². The maximum atomic E-state index is 13.9. The maximum Gasteiger partial charge on any atom is 0.399 e. The summed E-state index contributed by atoms with van der Waals surface area (Å²) in [5.41, 5.74) is 7.05.